The van der Waals surface area contributed by atoms with E-state index in [1.165, 1.54) is 5.56 Å². The average molecular weight is 230 g/mol. The Bertz CT molecular complexity index is 490. The van der Waals surface area contributed by atoms with Crippen LogP contribution in [0.25, 0.3) is 0 Å². The van der Waals surface area contributed by atoms with Crippen molar-refractivity contribution >= 4 is 5.69 Å². The van der Waals surface area contributed by atoms with Gasteiger partial charge in [-0.15, -0.1) is 0 Å². The van der Waals surface area contributed by atoms with Crippen LogP contribution in [0, 0.1) is 6.92 Å². The highest BCUT2D eigenvalue weighted by Crippen LogP contribution is 2.18. The van der Waals surface area contributed by atoms with Gasteiger partial charge in [-0.05, 0) is 32.4 Å². The number of pyridine rings is 1. The summed E-state index contributed by atoms with van der Waals surface area (Å²) in [5.74, 6) is 0. The van der Waals surface area contributed by atoms with E-state index in [4.69, 9.17) is 0 Å². The third-order valence-corrected chi connectivity index (χ3v) is 2.74. The van der Waals surface area contributed by atoms with Gasteiger partial charge in [0.15, 0.2) is 0 Å². The van der Waals surface area contributed by atoms with Crippen LogP contribution in [0.15, 0.2) is 30.9 Å². The minimum absolute atomic E-state index is 0.235. The minimum Gasteiger partial charge on any atom is -0.377 e. The zero-order valence-corrected chi connectivity index (χ0v) is 10.5. The Morgan fingerprint density at radius 2 is 2.18 bits per heavy atom. The summed E-state index contributed by atoms with van der Waals surface area (Å²) in [4.78, 5) is 4.17. The van der Waals surface area contributed by atoms with Crippen LogP contribution in [-0.4, -0.2) is 14.8 Å². The summed E-state index contributed by atoms with van der Waals surface area (Å²) in [7, 11) is 0. The lowest BCUT2D eigenvalue weighted by Crippen LogP contribution is -2.06. The molecule has 2 rings (SSSR count). The average Bonchev–Trinajstić information content (AvgIpc) is 2.77. The van der Waals surface area contributed by atoms with Crippen molar-refractivity contribution in [2.45, 2.75) is 33.4 Å². The van der Waals surface area contributed by atoms with E-state index in [1.807, 2.05) is 30.2 Å². The second-order valence-electron chi connectivity index (χ2n) is 4.25. The maximum Gasteiger partial charge on any atom is 0.0542 e. The molecular weight excluding hydrogens is 212 g/mol. The molecule has 0 spiro atoms. The smallest absolute Gasteiger partial charge is 0.0542 e. The molecule has 0 fully saturated rings. The molecule has 2 heterocycles. The second kappa shape index (κ2) is 4.99. The molecule has 0 saturated carbocycles. The van der Waals surface area contributed by atoms with Gasteiger partial charge in [0, 0.05) is 30.7 Å². The highest BCUT2D eigenvalue weighted by molar-refractivity contribution is 5.44. The van der Waals surface area contributed by atoms with Gasteiger partial charge >= 0.3 is 0 Å². The molecule has 0 aromatic carbocycles. The molecule has 1 atom stereocenters. The molecule has 1 unspecified atom stereocenters. The zero-order valence-electron chi connectivity index (χ0n) is 10.5. The number of aryl methyl sites for hydroxylation is 2. The minimum atomic E-state index is 0.235. The van der Waals surface area contributed by atoms with Crippen LogP contribution in [0.1, 0.15) is 31.0 Å². The first-order valence-electron chi connectivity index (χ1n) is 5.89. The molecule has 4 heteroatoms. The lowest BCUT2D eigenvalue weighted by atomic mass is 10.2. The third kappa shape index (κ3) is 2.84. The van der Waals surface area contributed by atoms with Crippen molar-refractivity contribution in [1.82, 2.24) is 14.8 Å². The maximum atomic E-state index is 4.28. The Kier molecular flexibility index (Phi) is 3.42. The molecule has 17 heavy (non-hydrogen) atoms. The van der Waals surface area contributed by atoms with E-state index in [0.29, 0.717) is 0 Å². The standard InChI is InChI=1S/C13H18N4/c1-4-17-9-12(7-15-17)11(3)16-13-5-10(2)6-14-8-13/h5-9,11,16H,4H2,1-3H3. The fourth-order valence-corrected chi connectivity index (χ4v) is 1.74. The van der Waals surface area contributed by atoms with Gasteiger partial charge in [-0.2, -0.15) is 5.10 Å². The Hall–Kier alpha value is -1.84. The number of nitrogens with zero attached hydrogens (tertiary/aromatic N) is 3. The van der Waals surface area contributed by atoms with Gasteiger partial charge in [-0.1, -0.05) is 0 Å². The fraction of sp³-hybridized carbons (Fsp3) is 0.385. The number of aromatic nitrogens is 3. The maximum absolute atomic E-state index is 4.28. The largest absolute Gasteiger partial charge is 0.377 e. The molecule has 90 valence electrons. The van der Waals surface area contributed by atoms with E-state index in [2.05, 4.69) is 41.5 Å². The van der Waals surface area contributed by atoms with Crippen LogP contribution < -0.4 is 5.32 Å². The van der Waals surface area contributed by atoms with E-state index in [0.717, 1.165) is 17.8 Å². The molecule has 0 aliphatic heterocycles. The molecule has 0 aliphatic rings. The van der Waals surface area contributed by atoms with E-state index >= 15 is 0 Å². The number of hydrogen-bond acceptors (Lipinski definition) is 3. The highest BCUT2D eigenvalue weighted by Gasteiger charge is 2.07. The van der Waals surface area contributed by atoms with Gasteiger partial charge in [-0.3, -0.25) is 9.67 Å². The van der Waals surface area contributed by atoms with Crippen molar-refractivity contribution < 1.29 is 0 Å². The summed E-state index contributed by atoms with van der Waals surface area (Å²) in [5.41, 5.74) is 3.39. The first-order valence-corrected chi connectivity index (χ1v) is 5.89. The van der Waals surface area contributed by atoms with Crippen LogP contribution in [0.2, 0.25) is 0 Å². The quantitative estimate of drug-likeness (QED) is 0.878. The van der Waals surface area contributed by atoms with Gasteiger partial charge in [0.1, 0.15) is 0 Å². The first kappa shape index (κ1) is 11.6. The summed E-state index contributed by atoms with van der Waals surface area (Å²) in [6.45, 7) is 7.15. The summed E-state index contributed by atoms with van der Waals surface area (Å²) in [6.07, 6.45) is 7.67. The van der Waals surface area contributed by atoms with Crippen molar-refractivity contribution in [1.29, 1.82) is 0 Å². The summed E-state index contributed by atoms with van der Waals surface area (Å²) in [6, 6.07) is 2.33. The molecule has 0 amide bonds. The molecule has 2 aromatic heterocycles. The summed E-state index contributed by atoms with van der Waals surface area (Å²) >= 11 is 0. The molecule has 0 bridgehead atoms. The fourth-order valence-electron chi connectivity index (χ4n) is 1.74. The normalized spacial score (nSPS) is 12.4. The highest BCUT2D eigenvalue weighted by atomic mass is 15.3. The van der Waals surface area contributed by atoms with Crippen LogP contribution in [0.5, 0.6) is 0 Å². The molecular formula is C13H18N4. The van der Waals surface area contributed by atoms with Gasteiger partial charge in [0.25, 0.3) is 0 Å². The Labute approximate surface area is 102 Å². The Morgan fingerprint density at radius 3 is 2.82 bits per heavy atom. The van der Waals surface area contributed by atoms with E-state index in [-0.39, 0.29) is 6.04 Å². The number of hydrogen-bond donors (Lipinski definition) is 1. The van der Waals surface area contributed by atoms with Crippen LogP contribution in [0.3, 0.4) is 0 Å². The Balaban J connectivity index is 2.08. The van der Waals surface area contributed by atoms with E-state index < -0.39 is 0 Å². The molecule has 2 aromatic rings. The summed E-state index contributed by atoms with van der Waals surface area (Å²) in [5, 5.41) is 7.70. The molecule has 0 saturated heterocycles. The first-order chi connectivity index (χ1) is 8.19. The third-order valence-electron chi connectivity index (χ3n) is 2.74. The zero-order chi connectivity index (χ0) is 12.3. The number of rotatable bonds is 4. The van der Waals surface area contributed by atoms with Crippen LogP contribution in [0.4, 0.5) is 5.69 Å². The monoisotopic (exact) mass is 230 g/mol. The molecule has 0 radical (unpaired) electrons. The van der Waals surface area contributed by atoms with Crippen LogP contribution in [-0.2, 0) is 6.54 Å². The van der Waals surface area contributed by atoms with Gasteiger partial charge < -0.3 is 5.32 Å². The second-order valence-corrected chi connectivity index (χ2v) is 4.25. The van der Waals surface area contributed by atoms with Crippen molar-refractivity contribution in [3.05, 3.63) is 42.0 Å². The molecule has 1 N–H and O–H groups in total. The lowest BCUT2D eigenvalue weighted by molar-refractivity contribution is 0.658. The van der Waals surface area contributed by atoms with Gasteiger partial charge in [-0.25, -0.2) is 0 Å². The topological polar surface area (TPSA) is 42.7 Å². The van der Waals surface area contributed by atoms with Gasteiger partial charge in [0.05, 0.1) is 17.9 Å². The lowest BCUT2D eigenvalue weighted by Gasteiger charge is -2.13. The Morgan fingerprint density at radius 1 is 1.35 bits per heavy atom. The van der Waals surface area contributed by atoms with E-state index in [1.54, 1.807) is 0 Å². The van der Waals surface area contributed by atoms with Crippen molar-refractivity contribution in [3.63, 3.8) is 0 Å². The SMILES string of the molecule is CCn1cc(C(C)Nc2cncc(C)c2)cn1. The number of nitrogens with one attached hydrogen (secondary N) is 1. The number of anilines is 1. The van der Waals surface area contributed by atoms with Crippen molar-refractivity contribution in [3.8, 4) is 0 Å². The predicted octanol–water partition coefficient (Wildman–Crippen LogP) is 2.78. The van der Waals surface area contributed by atoms with Gasteiger partial charge in [0.2, 0.25) is 0 Å². The van der Waals surface area contributed by atoms with Crippen LogP contribution >= 0.6 is 0 Å². The van der Waals surface area contributed by atoms with Crippen molar-refractivity contribution in [2.24, 2.45) is 0 Å². The van der Waals surface area contributed by atoms with Crippen molar-refractivity contribution in [2.75, 3.05) is 5.32 Å². The summed E-state index contributed by atoms with van der Waals surface area (Å²) < 4.78 is 1.93. The molecule has 4 nitrogen and oxygen atoms in total. The predicted molar refractivity (Wildman–Crippen MR) is 68.9 cm³/mol. The van der Waals surface area contributed by atoms with E-state index in [9.17, 15) is 0 Å². The molecule has 0 aliphatic carbocycles.